The second kappa shape index (κ2) is 7.94. The number of hydrogen-bond donors (Lipinski definition) is 3. The molecule has 0 aliphatic rings. The Morgan fingerprint density at radius 2 is 1.83 bits per heavy atom. The fourth-order valence-corrected chi connectivity index (χ4v) is 3.19. The molecule has 142 valence electrons. The first-order valence-corrected chi connectivity index (χ1v) is 9.35. The van der Waals surface area contributed by atoms with Crippen molar-refractivity contribution in [1.82, 2.24) is 9.97 Å². The molecule has 29 heavy (non-hydrogen) atoms. The minimum absolute atomic E-state index is 0.569. The summed E-state index contributed by atoms with van der Waals surface area (Å²) in [4.78, 5) is 9.58. The van der Waals surface area contributed by atoms with Crippen LogP contribution in [0.1, 0.15) is 18.1 Å². The highest BCUT2D eigenvalue weighted by molar-refractivity contribution is 5.93. The van der Waals surface area contributed by atoms with Crippen LogP contribution in [0.25, 0.3) is 28.4 Å². The Morgan fingerprint density at radius 3 is 2.66 bits per heavy atom. The molecule has 4 rings (SSSR count). The zero-order chi connectivity index (χ0) is 20.2. The Labute approximate surface area is 169 Å². The SMILES string of the molecule is C/C=C/c1cccc(-c2nc(Nc3ccc(N)c(C=N)c3)c3ccccc3n2)c1. The molecule has 0 fully saturated rings. The van der Waals surface area contributed by atoms with E-state index in [-0.39, 0.29) is 0 Å². The molecular weight excluding hydrogens is 358 g/mol. The smallest absolute Gasteiger partial charge is 0.162 e. The molecule has 4 aromatic rings. The topological polar surface area (TPSA) is 87.7 Å². The van der Waals surface area contributed by atoms with Gasteiger partial charge in [0.15, 0.2) is 5.82 Å². The number of nitrogens with one attached hydrogen (secondary N) is 2. The normalized spacial score (nSPS) is 11.1. The molecule has 0 saturated heterocycles. The summed E-state index contributed by atoms with van der Waals surface area (Å²) in [7, 11) is 0. The van der Waals surface area contributed by atoms with Gasteiger partial charge in [-0.25, -0.2) is 9.97 Å². The summed E-state index contributed by atoms with van der Waals surface area (Å²) in [5, 5.41) is 11.8. The standard InChI is InChI=1S/C24H21N5/c1-2-6-16-7-5-8-17(13-16)23-28-22-10-4-3-9-20(22)24(29-23)27-19-11-12-21(26)18(14-19)15-25/h2-15,25H,26H2,1H3,(H,27,28,29)/b6-2+,25-15?. The molecule has 5 nitrogen and oxygen atoms in total. The number of nitrogen functional groups attached to an aromatic ring is 1. The summed E-state index contributed by atoms with van der Waals surface area (Å²) < 4.78 is 0. The molecule has 0 aliphatic carbocycles. The minimum atomic E-state index is 0.569. The van der Waals surface area contributed by atoms with Crippen LogP contribution in [0.2, 0.25) is 0 Å². The Hall–Kier alpha value is -3.99. The Balaban J connectivity index is 1.83. The third kappa shape index (κ3) is 3.84. The second-order valence-electron chi connectivity index (χ2n) is 6.65. The maximum absolute atomic E-state index is 7.53. The van der Waals surface area contributed by atoms with Crippen molar-refractivity contribution in [3.8, 4) is 11.4 Å². The van der Waals surface area contributed by atoms with Gasteiger partial charge < -0.3 is 16.5 Å². The van der Waals surface area contributed by atoms with Crippen molar-refractivity contribution >= 4 is 40.4 Å². The summed E-state index contributed by atoms with van der Waals surface area (Å²) in [6, 6.07) is 21.6. The van der Waals surface area contributed by atoms with E-state index in [2.05, 4.69) is 23.5 Å². The predicted molar refractivity (Wildman–Crippen MR) is 122 cm³/mol. The first-order valence-electron chi connectivity index (χ1n) is 9.35. The lowest BCUT2D eigenvalue weighted by Crippen LogP contribution is -2.01. The average molecular weight is 379 g/mol. The van der Waals surface area contributed by atoms with Gasteiger partial charge in [-0.3, -0.25) is 0 Å². The van der Waals surface area contributed by atoms with Crippen LogP contribution in [0.3, 0.4) is 0 Å². The first kappa shape index (κ1) is 18.4. The van der Waals surface area contributed by atoms with Crippen molar-refractivity contribution in [3.05, 3.63) is 83.9 Å². The van der Waals surface area contributed by atoms with Crippen LogP contribution in [0.5, 0.6) is 0 Å². The molecule has 1 heterocycles. The van der Waals surface area contributed by atoms with Gasteiger partial charge in [0.25, 0.3) is 0 Å². The third-order valence-electron chi connectivity index (χ3n) is 4.61. The molecule has 0 radical (unpaired) electrons. The van der Waals surface area contributed by atoms with Crippen LogP contribution >= 0.6 is 0 Å². The zero-order valence-corrected chi connectivity index (χ0v) is 16.1. The van der Waals surface area contributed by atoms with Gasteiger partial charge in [-0.1, -0.05) is 42.5 Å². The Kier molecular flexibility index (Phi) is 5.03. The highest BCUT2D eigenvalue weighted by Crippen LogP contribution is 2.28. The van der Waals surface area contributed by atoms with E-state index in [1.807, 2.05) is 61.5 Å². The van der Waals surface area contributed by atoms with E-state index >= 15 is 0 Å². The van der Waals surface area contributed by atoms with Crippen LogP contribution in [0.4, 0.5) is 17.2 Å². The van der Waals surface area contributed by atoms with Gasteiger partial charge in [0.1, 0.15) is 5.82 Å². The van der Waals surface area contributed by atoms with Gasteiger partial charge in [0.2, 0.25) is 0 Å². The first-order chi connectivity index (χ1) is 14.2. The van der Waals surface area contributed by atoms with Gasteiger partial charge >= 0.3 is 0 Å². The quantitative estimate of drug-likeness (QED) is 0.309. The number of hydrogen-bond acceptors (Lipinski definition) is 5. The number of aromatic nitrogens is 2. The number of anilines is 3. The van der Waals surface area contributed by atoms with E-state index in [4.69, 9.17) is 21.1 Å². The van der Waals surface area contributed by atoms with Crippen molar-refractivity contribution in [3.63, 3.8) is 0 Å². The molecule has 4 N–H and O–H groups in total. The molecule has 0 unspecified atom stereocenters. The van der Waals surface area contributed by atoms with E-state index in [1.54, 1.807) is 6.07 Å². The van der Waals surface area contributed by atoms with Gasteiger partial charge in [0, 0.05) is 34.1 Å². The molecule has 0 atom stereocenters. The molecule has 0 saturated carbocycles. The number of allylic oxidation sites excluding steroid dienone is 1. The highest BCUT2D eigenvalue weighted by atomic mass is 15.0. The summed E-state index contributed by atoms with van der Waals surface area (Å²) in [6.45, 7) is 2.00. The van der Waals surface area contributed by atoms with Crippen molar-refractivity contribution in [1.29, 1.82) is 5.41 Å². The lowest BCUT2D eigenvalue weighted by Gasteiger charge is -2.12. The van der Waals surface area contributed by atoms with Crippen LogP contribution in [-0.4, -0.2) is 16.2 Å². The number of nitrogens with two attached hydrogens (primary N) is 1. The number of fused-ring (bicyclic) bond motifs is 1. The van der Waals surface area contributed by atoms with Gasteiger partial charge in [-0.05, 0) is 48.9 Å². The maximum atomic E-state index is 7.53. The van der Waals surface area contributed by atoms with Crippen LogP contribution < -0.4 is 11.1 Å². The fraction of sp³-hybridized carbons (Fsp3) is 0.0417. The molecular formula is C24H21N5. The van der Waals surface area contributed by atoms with E-state index in [0.717, 1.165) is 27.7 Å². The van der Waals surface area contributed by atoms with E-state index in [9.17, 15) is 0 Å². The molecule has 3 aromatic carbocycles. The summed E-state index contributed by atoms with van der Waals surface area (Å²) in [5.41, 5.74) is 10.9. The number of rotatable bonds is 5. The average Bonchev–Trinajstić information content (AvgIpc) is 2.75. The molecule has 0 spiro atoms. The maximum Gasteiger partial charge on any atom is 0.162 e. The van der Waals surface area contributed by atoms with Crippen LogP contribution in [0, 0.1) is 5.41 Å². The lowest BCUT2D eigenvalue weighted by atomic mass is 10.1. The molecule has 0 amide bonds. The largest absolute Gasteiger partial charge is 0.398 e. The summed E-state index contributed by atoms with van der Waals surface area (Å²) >= 11 is 0. The molecule has 0 bridgehead atoms. The Morgan fingerprint density at radius 1 is 0.966 bits per heavy atom. The highest BCUT2D eigenvalue weighted by Gasteiger charge is 2.10. The van der Waals surface area contributed by atoms with Crippen molar-refractivity contribution in [2.45, 2.75) is 6.92 Å². The predicted octanol–water partition coefficient (Wildman–Crippen LogP) is 5.65. The number of nitrogens with zero attached hydrogens (tertiary/aromatic N) is 2. The summed E-state index contributed by atoms with van der Waals surface area (Å²) in [6.07, 6.45) is 5.31. The summed E-state index contributed by atoms with van der Waals surface area (Å²) in [5.74, 6) is 1.36. The van der Waals surface area contributed by atoms with E-state index < -0.39 is 0 Å². The second-order valence-corrected chi connectivity index (χ2v) is 6.65. The molecule has 0 aliphatic heterocycles. The molecule has 5 heteroatoms. The fourth-order valence-electron chi connectivity index (χ4n) is 3.19. The van der Waals surface area contributed by atoms with Crippen LogP contribution in [0.15, 0.2) is 72.8 Å². The third-order valence-corrected chi connectivity index (χ3v) is 4.61. The zero-order valence-electron chi connectivity index (χ0n) is 16.1. The minimum Gasteiger partial charge on any atom is -0.398 e. The number of benzene rings is 3. The number of para-hydroxylation sites is 1. The van der Waals surface area contributed by atoms with Crippen molar-refractivity contribution in [2.24, 2.45) is 0 Å². The lowest BCUT2D eigenvalue weighted by molar-refractivity contribution is 1.22. The van der Waals surface area contributed by atoms with Gasteiger partial charge in [-0.15, -0.1) is 0 Å². The Bertz CT molecular complexity index is 1230. The van der Waals surface area contributed by atoms with Crippen molar-refractivity contribution < 1.29 is 0 Å². The van der Waals surface area contributed by atoms with Gasteiger partial charge in [-0.2, -0.15) is 0 Å². The molecule has 1 aromatic heterocycles. The monoisotopic (exact) mass is 379 g/mol. The van der Waals surface area contributed by atoms with Crippen LogP contribution in [-0.2, 0) is 0 Å². The van der Waals surface area contributed by atoms with Crippen molar-refractivity contribution in [2.75, 3.05) is 11.1 Å². The van der Waals surface area contributed by atoms with Gasteiger partial charge in [0.05, 0.1) is 5.52 Å². The van der Waals surface area contributed by atoms with E-state index in [1.165, 1.54) is 6.21 Å². The van der Waals surface area contributed by atoms with E-state index in [0.29, 0.717) is 22.9 Å².